The van der Waals surface area contributed by atoms with Gasteiger partial charge in [0, 0.05) is 18.6 Å². The third kappa shape index (κ3) is 2.08. The molecule has 0 saturated heterocycles. The smallest absolute Gasteiger partial charge is 0.192 e. The summed E-state index contributed by atoms with van der Waals surface area (Å²) in [6, 6.07) is 12.2. The number of benzene rings is 2. The van der Waals surface area contributed by atoms with Gasteiger partial charge in [-0.2, -0.15) is 0 Å². The maximum atomic E-state index is 5.72. The minimum atomic E-state index is 0.664. The molecule has 3 heteroatoms. The summed E-state index contributed by atoms with van der Waals surface area (Å²) in [5, 5.41) is 0. The van der Waals surface area contributed by atoms with Crippen LogP contribution in [0.5, 0.6) is 5.75 Å². The number of hydrogen-bond acceptors (Lipinski definition) is 3. The molecule has 0 unspecified atom stereocenters. The normalized spacial score (nSPS) is 10.9. The third-order valence-electron chi connectivity index (χ3n) is 3.17. The summed E-state index contributed by atoms with van der Waals surface area (Å²) in [5.74, 6) is 1.45. The highest BCUT2D eigenvalue weighted by Crippen LogP contribution is 2.33. The number of rotatable bonds is 2. The monoisotopic (exact) mass is 253 g/mol. The molecule has 0 spiro atoms. The molecule has 1 heterocycles. The van der Waals surface area contributed by atoms with Crippen molar-refractivity contribution in [1.29, 1.82) is 0 Å². The Kier molecular flexibility index (Phi) is 2.75. The molecule has 1 aromatic heterocycles. The van der Waals surface area contributed by atoms with Crippen LogP contribution in [0, 0.1) is 13.8 Å². The van der Waals surface area contributed by atoms with Crippen molar-refractivity contribution < 1.29 is 9.15 Å². The second-order valence-corrected chi connectivity index (χ2v) is 4.62. The van der Waals surface area contributed by atoms with E-state index in [0.717, 1.165) is 28.0 Å². The fourth-order valence-corrected chi connectivity index (χ4v) is 2.18. The summed E-state index contributed by atoms with van der Waals surface area (Å²) in [6.45, 7) is 3.93. The number of fused-ring (bicyclic) bond motifs is 1. The van der Waals surface area contributed by atoms with Crippen molar-refractivity contribution in [1.82, 2.24) is 4.98 Å². The Morgan fingerprint density at radius 3 is 2.47 bits per heavy atom. The molecule has 0 aliphatic rings. The summed E-state index contributed by atoms with van der Waals surface area (Å²) >= 11 is 0. The van der Waals surface area contributed by atoms with Crippen molar-refractivity contribution in [3.05, 3.63) is 47.9 Å². The van der Waals surface area contributed by atoms with Gasteiger partial charge in [-0.05, 0) is 18.6 Å². The van der Waals surface area contributed by atoms with E-state index in [9.17, 15) is 0 Å². The van der Waals surface area contributed by atoms with Crippen LogP contribution in [0.1, 0.15) is 11.5 Å². The summed E-state index contributed by atoms with van der Waals surface area (Å²) in [6.07, 6.45) is 0. The maximum absolute atomic E-state index is 5.72. The van der Waals surface area contributed by atoms with Gasteiger partial charge in [0.2, 0.25) is 0 Å². The molecule has 19 heavy (non-hydrogen) atoms. The number of oxazole rings is 1. The van der Waals surface area contributed by atoms with E-state index in [0.29, 0.717) is 5.89 Å². The van der Waals surface area contributed by atoms with E-state index in [1.807, 2.05) is 19.1 Å². The third-order valence-corrected chi connectivity index (χ3v) is 3.17. The highest BCUT2D eigenvalue weighted by Gasteiger charge is 2.12. The van der Waals surface area contributed by atoms with E-state index in [1.165, 1.54) is 5.56 Å². The largest absolute Gasteiger partial charge is 0.497 e. The predicted molar refractivity (Wildman–Crippen MR) is 75.5 cm³/mol. The van der Waals surface area contributed by atoms with Gasteiger partial charge in [0.15, 0.2) is 11.5 Å². The molecular formula is C16H15NO2. The van der Waals surface area contributed by atoms with Crippen LogP contribution in [0.4, 0.5) is 0 Å². The van der Waals surface area contributed by atoms with Crippen LogP contribution in [0.15, 0.2) is 40.8 Å². The molecule has 3 aromatic rings. The highest BCUT2D eigenvalue weighted by atomic mass is 16.5. The Morgan fingerprint density at radius 2 is 1.79 bits per heavy atom. The molecule has 0 aliphatic carbocycles. The number of nitrogens with zero attached hydrogens (tertiary/aromatic N) is 1. The lowest BCUT2D eigenvalue weighted by Crippen LogP contribution is -1.86. The Labute approximate surface area is 111 Å². The van der Waals surface area contributed by atoms with Crippen LogP contribution >= 0.6 is 0 Å². The number of aryl methyl sites for hydroxylation is 2. The standard InChI is InChI=1S/C16H15NO2/c1-10-4-6-12(7-5-10)14-8-13(18-3)9-15-16(14)19-11(2)17-15/h4-9H,1-3H3. The Bertz CT molecular complexity index is 726. The van der Waals surface area contributed by atoms with Crippen molar-refractivity contribution in [2.24, 2.45) is 0 Å². The van der Waals surface area contributed by atoms with E-state index in [2.05, 4.69) is 36.2 Å². The van der Waals surface area contributed by atoms with Crippen molar-refractivity contribution in [3.63, 3.8) is 0 Å². The van der Waals surface area contributed by atoms with Gasteiger partial charge in [-0.25, -0.2) is 4.98 Å². The summed E-state index contributed by atoms with van der Waals surface area (Å²) in [7, 11) is 1.66. The molecule has 0 atom stereocenters. The van der Waals surface area contributed by atoms with E-state index < -0.39 is 0 Å². The number of aromatic nitrogens is 1. The number of methoxy groups -OCH3 is 1. The molecule has 3 nitrogen and oxygen atoms in total. The van der Waals surface area contributed by atoms with Crippen LogP contribution in [0.25, 0.3) is 22.2 Å². The van der Waals surface area contributed by atoms with Crippen LogP contribution < -0.4 is 4.74 Å². The van der Waals surface area contributed by atoms with E-state index in [4.69, 9.17) is 9.15 Å². The zero-order chi connectivity index (χ0) is 13.4. The van der Waals surface area contributed by atoms with Crippen molar-refractivity contribution >= 4 is 11.1 Å². The van der Waals surface area contributed by atoms with E-state index in [1.54, 1.807) is 7.11 Å². The molecule has 2 aromatic carbocycles. The number of ether oxygens (including phenoxy) is 1. The highest BCUT2D eigenvalue weighted by molar-refractivity contribution is 5.91. The van der Waals surface area contributed by atoms with Crippen LogP contribution in [-0.4, -0.2) is 12.1 Å². The molecule has 0 fully saturated rings. The fraction of sp³-hybridized carbons (Fsp3) is 0.188. The van der Waals surface area contributed by atoms with Gasteiger partial charge in [-0.1, -0.05) is 29.8 Å². The molecule has 96 valence electrons. The molecular weight excluding hydrogens is 238 g/mol. The molecule has 0 radical (unpaired) electrons. The zero-order valence-electron chi connectivity index (χ0n) is 11.2. The van der Waals surface area contributed by atoms with Gasteiger partial charge in [0.05, 0.1) is 7.11 Å². The van der Waals surface area contributed by atoms with Crippen LogP contribution in [0.3, 0.4) is 0 Å². The lowest BCUT2D eigenvalue weighted by atomic mass is 10.0. The Hall–Kier alpha value is -2.29. The predicted octanol–water partition coefficient (Wildman–Crippen LogP) is 4.12. The van der Waals surface area contributed by atoms with Crippen molar-refractivity contribution in [2.75, 3.05) is 7.11 Å². The van der Waals surface area contributed by atoms with Gasteiger partial charge < -0.3 is 9.15 Å². The first-order valence-corrected chi connectivity index (χ1v) is 6.19. The van der Waals surface area contributed by atoms with Gasteiger partial charge in [0.1, 0.15) is 11.3 Å². The number of hydrogen-bond donors (Lipinski definition) is 0. The first kappa shape index (κ1) is 11.8. The topological polar surface area (TPSA) is 35.3 Å². The summed E-state index contributed by atoms with van der Waals surface area (Å²) < 4.78 is 11.1. The Balaban J connectivity index is 2.28. The average molecular weight is 253 g/mol. The lowest BCUT2D eigenvalue weighted by molar-refractivity contribution is 0.415. The van der Waals surface area contributed by atoms with Gasteiger partial charge in [-0.3, -0.25) is 0 Å². The zero-order valence-corrected chi connectivity index (χ0v) is 11.2. The van der Waals surface area contributed by atoms with E-state index in [-0.39, 0.29) is 0 Å². The SMILES string of the molecule is COc1cc(-c2ccc(C)cc2)c2oc(C)nc2c1. The van der Waals surface area contributed by atoms with Gasteiger partial charge in [0.25, 0.3) is 0 Å². The Morgan fingerprint density at radius 1 is 1.05 bits per heavy atom. The second kappa shape index (κ2) is 4.43. The molecule has 0 saturated carbocycles. The fourth-order valence-electron chi connectivity index (χ4n) is 2.18. The molecule has 0 amide bonds. The first-order valence-electron chi connectivity index (χ1n) is 6.19. The minimum absolute atomic E-state index is 0.664. The van der Waals surface area contributed by atoms with Crippen LogP contribution in [-0.2, 0) is 0 Å². The quantitative estimate of drug-likeness (QED) is 0.689. The molecule has 3 rings (SSSR count). The summed E-state index contributed by atoms with van der Waals surface area (Å²) in [5.41, 5.74) is 4.98. The van der Waals surface area contributed by atoms with Crippen molar-refractivity contribution in [2.45, 2.75) is 13.8 Å². The molecule has 0 bridgehead atoms. The maximum Gasteiger partial charge on any atom is 0.192 e. The van der Waals surface area contributed by atoms with Crippen molar-refractivity contribution in [3.8, 4) is 16.9 Å². The second-order valence-electron chi connectivity index (χ2n) is 4.62. The van der Waals surface area contributed by atoms with Gasteiger partial charge in [-0.15, -0.1) is 0 Å². The van der Waals surface area contributed by atoms with E-state index >= 15 is 0 Å². The van der Waals surface area contributed by atoms with Crippen LogP contribution in [0.2, 0.25) is 0 Å². The molecule has 0 N–H and O–H groups in total. The van der Waals surface area contributed by atoms with Gasteiger partial charge >= 0.3 is 0 Å². The summed E-state index contributed by atoms with van der Waals surface area (Å²) in [4.78, 5) is 4.38. The lowest BCUT2D eigenvalue weighted by Gasteiger charge is -2.06. The first-order chi connectivity index (χ1) is 9.17. The minimum Gasteiger partial charge on any atom is -0.497 e. The average Bonchev–Trinajstić information content (AvgIpc) is 2.78. The molecule has 0 aliphatic heterocycles.